The Balaban J connectivity index is 2.01. The van der Waals surface area contributed by atoms with E-state index >= 15 is 0 Å². The summed E-state index contributed by atoms with van der Waals surface area (Å²) in [6.45, 7) is -0.321. The fourth-order valence-corrected chi connectivity index (χ4v) is 2.27. The van der Waals surface area contributed by atoms with Gasteiger partial charge < -0.3 is 14.6 Å². The molecule has 0 aromatic heterocycles. The molecule has 0 heterocycles. The van der Waals surface area contributed by atoms with E-state index in [1.807, 2.05) is 0 Å². The van der Waals surface area contributed by atoms with Crippen molar-refractivity contribution >= 4 is 12.0 Å². The van der Waals surface area contributed by atoms with Crippen molar-refractivity contribution in [2.24, 2.45) is 0 Å². The van der Waals surface area contributed by atoms with Crippen LogP contribution in [0.2, 0.25) is 0 Å². The summed E-state index contributed by atoms with van der Waals surface area (Å²) in [5, 5.41) is 8.54. The Morgan fingerprint density at radius 2 is 1.70 bits per heavy atom. The number of alkyl halides is 5. The molecular formula is C20H16F6O4. The molecule has 0 spiro atoms. The molecule has 0 fully saturated rings. The van der Waals surface area contributed by atoms with E-state index in [9.17, 15) is 31.1 Å². The minimum Gasteiger partial charge on any atom is -0.493 e. The van der Waals surface area contributed by atoms with Crippen LogP contribution in [0.3, 0.4) is 0 Å². The molecule has 0 bridgehead atoms. The Bertz CT molecular complexity index is 891. The lowest BCUT2D eigenvalue weighted by molar-refractivity contribution is -0.187. The highest BCUT2D eigenvalue weighted by molar-refractivity contribution is 5.85. The normalized spacial score (nSPS) is 12.2. The van der Waals surface area contributed by atoms with Gasteiger partial charge in [0.15, 0.2) is 11.6 Å². The summed E-state index contributed by atoms with van der Waals surface area (Å²) in [5.74, 6) is -3.28. The summed E-state index contributed by atoms with van der Waals surface area (Å²) < 4.78 is 88.2. The zero-order valence-corrected chi connectivity index (χ0v) is 15.3. The molecule has 30 heavy (non-hydrogen) atoms. The van der Waals surface area contributed by atoms with E-state index in [0.29, 0.717) is 5.56 Å². The van der Waals surface area contributed by atoms with Crippen LogP contribution in [0, 0.1) is 5.82 Å². The summed E-state index contributed by atoms with van der Waals surface area (Å²) in [6.07, 6.45) is -7.58. The lowest BCUT2D eigenvalue weighted by Gasteiger charge is -2.19. The van der Waals surface area contributed by atoms with Crippen LogP contribution in [-0.4, -0.2) is 23.9 Å². The highest BCUT2D eigenvalue weighted by Gasteiger charge is 2.35. The second kappa shape index (κ2) is 9.55. The maximum Gasteiger partial charge on any atom is 0.426 e. The van der Waals surface area contributed by atoms with Crippen LogP contribution in [0.25, 0.3) is 6.08 Å². The van der Waals surface area contributed by atoms with Crippen LogP contribution in [0.4, 0.5) is 26.3 Å². The van der Waals surface area contributed by atoms with Crippen molar-refractivity contribution in [2.75, 3.05) is 6.61 Å². The predicted molar refractivity (Wildman–Crippen MR) is 94.8 cm³/mol. The fourth-order valence-electron chi connectivity index (χ4n) is 2.27. The van der Waals surface area contributed by atoms with Gasteiger partial charge in [-0.15, -0.1) is 0 Å². The first kappa shape index (κ1) is 23.1. The number of halogens is 6. The van der Waals surface area contributed by atoms with Crippen LogP contribution in [-0.2, 0) is 10.9 Å². The molecule has 2 rings (SSSR count). The van der Waals surface area contributed by atoms with Gasteiger partial charge in [0.25, 0.3) is 0 Å². The fraction of sp³-hybridized carbons (Fsp3) is 0.250. The highest BCUT2D eigenvalue weighted by atomic mass is 19.4. The van der Waals surface area contributed by atoms with Crippen LogP contribution < -0.4 is 9.47 Å². The number of ether oxygens (including phenoxy) is 2. The van der Waals surface area contributed by atoms with Gasteiger partial charge >= 0.3 is 18.3 Å². The molecule has 0 unspecified atom stereocenters. The third kappa shape index (κ3) is 7.34. The zero-order valence-electron chi connectivity index (χ0n) is 15.3. The Kier molecular flexibility index (Phi) is 7.36. The Hall–Kier alpha value is -3.17. The summed E-state index contributed by atoms with van der Waals surface area (Å²) >= 11 is 0. The number of benzene rings is 2. The molecule has 0 aliphatic rings. The number of hydrogen-bond acceptors (Lipinski definition) is 3. The van der Waals surface area contributed by atoms with Gasteiger partial charge in [-0.2, -0.15) is 22.0 Å². The number of rotatable bonds is 9. The molecular weight excluding hydrogens is 418 g/mol. The topological polar surface area (TPSA) is 55.8 Å². The first-order valence-electron chi connectivity index (χ1n) is 8.54. The molecule has 2 aromatic rings. The maximum atomic E-state index is 14.3. The summed E-state index contributed by atoms with van der Waals surface area (Å²) in [4.78, 5) is 10.5. The SMILES string of the molecule is O=C(O)/C=C/c1ccc(C(F)(F)Oc2ccc(OCCCC(F)(F)F)cc2F)cc1. The average molecular weight is 434 g/mol. The monoisotopic (exact) mass is 434 g/mol. The molecule has 0 aliphatic carbocycles. The Labute approximate surface area is 167 Å². The van der Waals surface area contributed by atoms with Crippen molar-refractivity contribution < 1.29 is 45.7 Å². The summed E-state index contributed by atoms with van der Waals surface area (Å²) in [5.41, 5.74) is -0.239. The average Bonchev–Trinajstić information content (AvgIpc) is 2.65. The number of hydrogen-bond donors (Lipinski definition) is 1. The zero-order chi connectivity index (χ0) is 22.4. The smallest absolute Gasteiger partial charge is 0.426 e. The van der Waals surface area contributed by atoms with Crippen molar-refractivity contribution in [3.63, 3.8) is 0 Å². The Morgan fingerprint density at radius 1 is 1.03 bits per heavy atom. The Morgan fingerprint density at radius 3 is 2.27 bits per heavy atom. The van der Waals surface area contributed by atoms with Gasteiger partial charge in [-0.25, -0.2) is 9.18 Å². The minimum absolute atomic E-state index is 0.125. The summed E-state index contributed by atoms with van der Waals surface area (Å²) in [6, 6.07) is 7.18. The van der Waals surface area contributed by atoms with E-state index in [0.717, 1.165) is 36.4 Å². The number of carbonyl (C=O) groups is 1. The first-order chi connectivity index (χ1) is 14.0. The summed E-state index contributed by atoms with van der Waals surface area (Å²) in [7, 11) is 0. The van der Waals surface area contributed by atoms with Crippen molar-refractivity contribution in [3.8, 4) is 11.5 Å². The number of carboxylic acids is 1. The molecule has 0 atom stereocenters. The van der Waals surface area contributed by atoms with Crippen molar-refractivity contribution in [3.05, 3.63) is 65.5 Å². The van der Waals surface area contributed by atoms with Gasteiger partial charge in [0.05, 0.1) is 12.2 Å². The second-order valence-corrected chi connectivity index (χ2v) is 6.07. The van der Waals surface area contributed by atoms with Crippen LogP contribution in [0.15, 0.2) is 48.5 Å². The molecule has 4 nitrogen and oxygen atoms in total. The maximum absolute atomic E-state index is 14.3. The molecule has 162 valence electrons. The van der Waals surface area contributed by atoms with Gasteiger partial charge in [0, 0.05) is 18.6 Å². The molecule has 0 amide bonds. The van der Waals surface area contributed by atoms with Gasteiger partial charge in [-0.05, 0) is 42.3 Å². The highest BCUT2D eigenvalue weighted by Crippen LogP contribution is 2.34. The van der Waals surface area contributed by atoms with E-state index < -0.39 is 41.8 Å². The van der Waals surface area contributed by atoms with Crippen molar-refractivity contribution in [2.45, 2.75) is 25.1 Å². The predicted octanol–water partition coefficient (Wildman–Crippen LogP) is 5.77. The van der Waals surface area contributed by atoms with Crippen molar-refractivity contribution in [1.82, 2.24) is 0 Å². The van der Waals surface area contributed by atoms with Crippen LogP contribution in [0.5, 0.6) is 11.5 Å². The third-order valence-corrected chi connectivity index (χ3v) is 3.68. The van der Waals surface area contributed by atoms with E-state index in [2.05, 4.69) is 4.74 Å². The van der Waals surface area contributed by atoms with Crippen LogP contribution in [0.1, 0.15) is 24.0 Å². The quantitative estimate of drug-likeness (QED) is 0.309. The lowest BCUT2D eigenvalue weighted by Crippen LogP contribution is -2.22. The molecule has 0 radical (unpaired) electrons. The van der Waals surface area contributed by atoms with Gasteiger partial charge in [-0.1, -0.05) is 12.1 Å². The molecule has 10 heteroatoms. The van der Waals surface area contributed by atoms with E-state index in [4.69, 9.17) is 9.84 Å². The van der Waals surface area contributed by atoms with Crippen molar-refractivity contribution in [1.29, 1.82) is 0 Å². The van der Waals surface area contributed by atoms with Gasteiger partial charge in [0.1, 0.15) is 5.75 Å². The molecule has 1 N–H and O–H groups in total. The third-order valence-electron chi connectivity index (χ3n) is 3.68. The second-order valence-electron chi connectivity index (χ2n) is 6.07. The standard InChI is InChI=1S/C20H16F6O4/c21-16-12-15(29-11-1-10-19(22,23)24)7-8-17(16)30-20(25,26)14-5-2-13(3-6-14)4-9-18(27)28/h2-9,12H,1,10-11H2,(H,27,28)/b9-4+. The van der Waals surface area contributed by atoms with Gasteiger partial charge in [-0.3, -0.25) is 0 Å². The number of aliphatic carboxylic acids is 1. The van der Waals surface area contributed by atoms with Crippen LogP contribution >= 0.6 is 0 Å². The minimum atomic E-state index is -4.33. The van der Waals surface area contributed by atoms with E-state index in [1.165, 1.54) is 18.2 Å². The number of carboxylic acid groups (broad SMARTS) is 1. The largest absolute Gasteiger partial charge is 0.493 e. The lowest BCUT2D eigenvalue weighted by atomic mass is 10.1. The molecule has 0 saturated heterocycles. The van der Waals surface area contributed by atoms with E-state index in [-0.39, 0.29) is 18.8 Å². The first-order valence-corrected chi connectivity index (χ1v) is 8.54. The molecule has 0 aliphatic heterocycles. The molecule has 2 aromatic carbocycles. The molecule has 0 saturated carbocycles. The van der Waals surface area contributed by atoms with E-state index in [1.54, 1.807) is 0 Å². The van der Waals surface area contributed by atoms with Gasteiger partial charge in [0.2, 0.25) is 0 Å².